The molecule has 0 aromatic rings. The maximum absolute atomic E-state index is 12.1. The minimum atomic E-state index is -1.14. The largest absolute Gasteiger partial charge is 0.480 e. The van der Waals surface area contributed by atoms with Crippen molar-refractivity contribution in [3.63, 3.8) is 0 Å². The summed E-state index contributed by atoms with van der Waals surface area (Å²) in [5.74, 6) is -1.83. The van der Waals surface area contributed by atoms with Crippen molar-refractivity contribution in [3.05, 3.63) is 0 Å². The fraction of sp³-hybridized carbons (Fsp3) is 0.786. The highest BCUT2D eigenvalue weighted by Crippen LogP contribution is 2.11. The molecule has 0 aromatic heterocycles. The zero-order valence-electron chi connectivity index (χ0n) is 13.5. The van der Waals surface area contributed by atoms with Gasteiger partial charge in [-0.25, -0.2) is 4.79 Å². The van der Waals surface area contributed by atoms with Crippen molar-refractivity contribution in [2.45, 2.75) is 65.6 Å². The first-order valence-electron chi connectivity index (χ1n) is 7.00. The maximum atomic E-state index is 12.1. The summed E-state index contributed by atoms with van der Waals surface area (Å²) in [7, 11) is 0. The standard InChI is InChI=1S/C14H26N2O5/c1-7-8(2)10(11(17)15-9(3)12(18)19)16-13(20)21-14(4,5)6/h8-10H,7H2,1-6H3,(H,15,17)(H,16,20)(H,18,19)/t8-,9-,10-/m0/s1. The number of rotatable bonds is 6. The number of carboxylic acids is 1. The lowest BCUT2D eigenvalue weighted by Gasteiger charge is -2.26. The zero-order chi connectivity index (χ0) is 16.8. The molecule has 3 atom stereocenters. The summed E-state index contributed by atoms with van der Waals surface area (Å²) in [5.41, 5.74) is -0.672. The number of ether oxygens (including phenoxy) is 1. The maximum Gasteiger partial charge on any atom is 0.408 e. The molecule has 7 nitrogen and oxygen atoms in total. The van der Waals surface area contributed by atoms with Crippen molar-refractivity contribution in [2.75, 3.05) is 0 Å². The van der Waals surface area contributed by atoms with Crippen molar-refractivity contribution < 1.29 is 24.2 Å². The number of carbonyl (C=O) groups excluding carboxylic acids is 2. The number of alkyl carbamates (subject to hydrolysis) is 1. The summed E-state index contributed by atoms with van der Waals surface area (Å²) >= 11 is 0. The first-order valence-corrected chi connectivity index (χ1v) is 7.00. The Morgan fingerprint density at radius 3 is 2.05 bits per heavy atom. The van der Waals surface area contributed by atoms with Crippen LogP contribution in [0.1, 0.15) is 48.0 Å². The van der Waals surface area contributed by atoms with Gasteiger partial charge in [-0.05, 0) is 33.6 Å². The Morgan fingerprint density at radius 1 is 1.14 bits per heavy atom. The van der Waals surface area contributed by atoms with Gasteiger partial charge in [0.2, 0.25) is 5.91 Å². The highest BCUT2D eigenvalue weighted by atomic mass is 16.6. The fourth-order valence-electron chi connectivity index (χ4n) is 1.50. The Morgan fingerprint density at radius 2 is 1.67 bits per heavy atom. The van der Waals surface area contributed by atoms with Gasteiger partial charge in [0, 0.05) is 0 Å². The number of carbonyl (C=O) groups is 3. The quantitative estimate of drug-likeness (QED) is 0.690. The monoisotopic (exact) mass is 302 g/mol. The number of aliphatic carboxylic acids is 1. The van der Waals surface area contributed by atoms with E-state index in [4.69, 9.17) is 9.84 Å². The van der Waals surface area contributed by atoms with Crippen LogP contribution >= 0.6 is 0 Å². The van der Waals surface area contributed by atoms with E-state index in [0.29, 0.717) is 6.42 Å². The second-order valence-corrected chi connectivity index (χ2v) is 6.08. The van der Waals surface area contributed by atoms with E-state index < -0.39 is 35.7 Å². The first kappa shape index (κ1) is 19.2. The van der Waals surface area contributed by atoms with Crippen LogP contribution < -0.4 is 10.6 Å². The summed E-state index contributed by atoms with van der Waals surface area (Å²) in [6.45, 7) is 10.2. The third-order valence-electron chi connectivity index (χ3n) is 2.90. The molecule has 3 N–H and O–H groups in total. The van der Waals surface area contributed by atoms with E-state index >= 15 is 0 Å². The second-order valence-electron chi connectivity index (χ2n) is 6.08. The van der Waals surface area contributed by atoms with Crippen molar-refractivity contribution in [1.29, 1.82) is 0 Å². The third-order valence-corrected chi connectivity index (χ3v) is 2.90. The van der Waals surface area contributed by atoms with Gasteiger partial charge in [0.25, 0.3) is 0 Å². The normalized spacial score (nSPS) is 15.5. The molecule has 0 saturated heterocycles. The molecule has 0 radical (unpaired) electrons. The number of nitrogens with one attached hydrogen (secondary N) is 2. The van der Waals surface area contributed by atoms with Crippen LogP contribution in [0.5, 0.6) is 0 Å². The van der Waals surface area contributed by atoms with Crippen LogP contribution in [0.15, 0.2) is 0 Å². The van der Waals surface area contributed by atoms with Gasteiger partial charge in [-0.3, -0.25) is 9.59 Å². The second kappa shape index (κ2) is 7.85. The molecule has 122 valence electrons. The summed E-state index contributed by atoms with van der Waals surface area (Å²) in [4.78, 5) is 34.7. The lowest BCUT2D eigenvalue weighted by atomic mass is 9.98. The number of carboxylic acid groups (broad SMARTS) is 1. The van der Waals surface area contributed by atoms with Gasteiger partial charge in [0.1, 0.15) is 17.7 Å². The van der Waals surface area contributed by atoms with Crippen molar-refractivity contribution >= 4 is 18.0 Å². The number of hydrogen-bond acceptors (Lipinski definition) is 4. The van der Waals surface area contributed by atoms with Gasteiger partial charge in [-0.15, -0.1) is 0 Å². The first-order chi connectivity index (χ1) is 9.47. The Balaban J connectivity index is 4.84. The highest BCUT2D eigenvalue weighted by molar-refractivity contribution is 5.89. The van der Waals surface area contributed by atoms with E-state index in [1.54, 1.807) is 27.7 Å². The van der Waals surface area contributed by atoms with Crippen LogP contribution in [0.2, 0.25) is 0 Å². The van der Waals surface area contributed by atoms with Crippen LogP contribution in [-0.4, -0.2) is 40.8 Å². The number of hydrogen-bond donors (Lipinski definition) is 3. The van der Waals surface area contributed by atoms with Crippen LogP contribution in [0, 0.1) is 5.92 Å². The minimum Gasteiger partial charge on any atom is -0.480 e. The van der Waals surface area contributed by atoms with Gasteiger partial charge in [-0.2, -0.15) is 0 Å². The molecular weight excluding hydrogens is 276 g/mol. The predicted octanol–water partition coefficient (Wildman–Crippen LogP) is 1.52. The molecule has 0 rings (SSSR count). The topological polar surface area (TPSA) is 105 Å². The average Bonchev–Trinajstić information content (AvgIpc) is 2.32. The molecule has 0 fully saturated rings. The van der Waals surface area contributed by atoms with Gasteiger partial charge >= 0.3 is 12.1 Å². The predicted molar refractivity (Wildman–Crippen MR) is 77.9 cm³/mol. The van der Waals surface area contributed by atoms with E-state index in [0.717, 1.165) is 0 Å². The van der Waals surface area contributed by atoms with Crippen molar-refractivity contribution in [3.8, 4) is 0 Å². The third kappa shape index (κ3) is 7.53. The summed E-state index contributed by atoms with van der Waals surface area (Å²) in [6, 6.07) is -1.86. The molecule has 2 amide bonds. The van der Waals surface area contributed by atoms with Crippen LogP contribution in [-0.2, 0) is 14.3 Å². The lowest BCUT2D eigenvalue weighted by molar-refractivity contribution is -0.141. The highest BCUT2D eigenvalue weighted by Gasteiger charge is 2.29. The summed E-state index contributed by atoms with van der Waals surface area (Å²) in [5, 5.41) is 13.7. The van der Waals surface area contributed by atoms with E-state index in [9.17, 15) is 14.4 Å². The van der Waals surface area contributed by atoms with E-state index in [2.05, 4.69) is 10.6 Å². The summed E-state index contributed by atoms with van der Waals surface area (Å²) in [6.07, 6.45) is -0.0547. The molecule has 0 unspecified atom stereocenters. The average molecular weight is 302 g/mol. The molecule has 0 aromatic carbocycles. The van der Waals surface area contributed by atoms with Gasteiger partial charge in [-0.1, -0.05) is 20.3 Å². The smallest absolute Gasteiger partial charge is 0.408 e. The zero-order valence-corrected chi connectivity index (χ0v) is 13.5. The van der Waals surface area contributed by atoms with Crippen LogP contribution in [0.3, 0.4) is 0 Å². The molecule has 0 saturated carbocycles. The Hall–Kier alpha value is -1.79. The molecule has 0 aliphatic heterocycles. The van der Waals surface area contributed by atoms with Crippen molar-refractivity contribution in [2.24, 2.45) is 5.92 Å². The molecular formula is C14H26N2O5. The Bertz CT molecular complexity index is 389. The fourth-order valence-corrected chi connectivity index (χ4v) is 1.50. The molecule has 21 heavy (non-hydrogen) atoms. The Labute approximate surface area is 125 Å². The summed E-state index contributed by atoms with van der Waals surface area (Å²) < 4.78 is 5.12. The van der Waals surface area contributed by atoms with E-state index in [-0.39, 0.29) is 5.92 Å². The van der Waals surface area contributed by atoms with Crippen molar-refractivity contribution in [1.82, 2.24) is 10.6 Å². The van der Waals surface area contributed by atoms with Gasteiger partial charge < -0.3 is 20.5 Å². The Kier molecular flexibility index (Phi) is 7.18. The van der Waals surface area contributed by atoms with Gasteiger partial charge in [0.05, 0.1) is 0 Å². The lowest BCUT2D eigenvalue weighted by Crippen LogP contribution is -2.54. The van der Waals surface area contributed by atoms with Crippen LogP contribution in [0.4, 0.5) is 4.79 Å². The van der Waals surface area contributed by atoms with Crippen LogP contribution in [0.25, 0.3) is 0 Å². The van der Waals surface area contributed by atoms with E-state index in [1.807, 2.05) is 6.92 Å². The molecule has 0 bridgehead atoms. The molecule has 0 aliphatic carbocycles. The van der Waals surface area contributed by atoms with Gasteiger partial charge in [0.15, 0.2) is 0 Å². The molecule has 0 spiro atoms. The molecule has 0 aliphatic rings. The SMILES string of the molecule is CC[C@H](C)[C@H](NC(=O)OC(C)(C)C)C(=O)N[C@@H](C)C(=O)O. The van der Waals surface area contributed by atoms with E-state index in [1.165, 1.54) is 6.92 Å². The minimum absolute atomic E-state index is 0.154. The molecule has 7 heteroatoms. The molecule has 0 heterocycles. The number of amides is 2.